The third kappa shape index (κ3) is 1.86. The van der Waals surface area contributed by atoms with Gasteiger partial charge in [-0.15, -0.1) is 0 Å². The third-order valence-corrected chi connectivity index (χ3v) is 4.70. The van der Waals surface area contributed by atoms with Gasteiger partial charge in [0.05, 0.1) is 16.2 Å². The molecule has 1 aliphatic heterocycles. The monoisotopic (exact) mass is 345 g/mol. The zero-order valence-corrected chi connectivity index (χ0v) is 13.3. The van der Waals surface area contributed by atoms with E-state index < -0.39 is 11.0 Å². The molecule has 2 aliphatic rings. The average Bonchev–Trinajstić information content (AvgIpc) is 3.24. The molecule has 5 rings (SSSR count). The first-order chi connectivity index (χ1) is 12.6. The van der Waals surface area contributed by atoms with Crippen molar-refractivity contribution in [1.29, 1.82) is 0 Å². The smallest absolute Gasteiger partial charge is 0.269 e. The molecule has 0 saturated carbocycles. The summed E-state index contributed by atoms with van der Waals surface area (Å²) in [7, 11) is 0. The molecule has 2 heterocycles. The van der Waals surface area contributed by atoms with Gasteiger partial charge < -0.3 is 5.32 Å². The summed E-state index contributed by atoms with van der Waals surface area (Å²) in [4.78, 5) is 27.8. The summed E-state index contributed by atoms with van der Waals surface area (Å²) in [6.07, 6.45) is 1.42. The van der Waals surface area contributed by atoms with E-state index in [1.807, 2.05) is 18.2 Å². The summed E-state index contributed by atoms with van der Waals surface area (Å²) in [6, 6.07) is 13.1. The summed E-state index contributed by atoms with van der Waals surface area (Å²) in [6.45, 7) is 0. The van der Waals surface area contributed by atoms with E-state index in [-0.39, 0.29) is 11.5 Å². The number of aromatic nitrogens is 3. The van der Waals surface area contributed by atoms with Gasteiger partial charge in [0.2, 0.25) is 5.95 Å². The molecule has 1 aliphatic carbocycles. The van der Waals surface area contributed by atoms with E-state index in [4.69, 9.17) is 0 Å². The first kappa shape index (κ1) is 14.5. The number of nitrogens with one attached hydrogen (secondary N) is 1. The van der Waals surface area contributed by atoms with E-state index in [0.717, 1.165) is 16.8 Å². The Labute approximate surface area is 146 Å². The number of anilines is 1. The Hall–Kier alpha value is -3.81. The Kier molecular flexibility index (Phi) is 2.84. The largest absolute Gasteiger partial charge is 0.323 e. The maximum atomic E-state index is 13.1. The van der Waals surface area contributed by atoms with Crippen LogP contribution in [0, 0.1) is 10.1 Å². The van der Waals surface area contributed by atoms with E-state index >= 15 is 0 Å². The van der Waals surface area contributed by atoms with Crippen molar-refractivity contribution in [2.24, 2.45) is 0 Å². The van der Waals surface area contributed by atoms with Crippen LogP contribution in [0.4, 0.5) is 11.6 Å². The number of carbonyl (C=O) groups excluding carboxylic acids is 1. The van der Waals surface area contributed by atoms with Gasteiger partial charge in [-0.1, -0.05) is 24.3 Å². The second-order valence-corrected chi connectivity index (χ2v) is 6.07. The van der Waals surface area contributed by atoms with Gasteiger partial charge in [0.25, 0.3) is 5.69 Å². The molecule has 8 nitrogen and oxygen atoms in total. The number of fused-ring (bicyclic) bond motifs is 3. The number of non-ortho nitro benzene ring substituents is 1. The summed E-state index contributed by atoms with van der Waals surface area (Å²) >= 11 is 0. The third-order valence-electron chi connectivity index (χ3n) is 4.70. The van der Waals surface area contributed by atoms with E-state index in [1.54, 1.807) is 22.9 Å². The Morgan fingerprint density at radius 1 is 1.08 bits per heavy atom. The van der Waals surface area contributed by atoms with Crippen LogP contribution in [0.15, 0.2) is 60.4 Å². The van der Waals surface area contributed by atoms with Crippen molar-refractivity contribution >= 4 is 23.1 Å². The predicted molar refractivity (Wildman–Crippen MR) is 92.6 cm³/mol. The molecular weight excluding hydrogens is 334 g/mol. The van der Waals surface area contributed by atoms with E-state index in [0.29, 0.717) is 17.1 Å². The number of nitro benzene ring substituents is 1. The Bertz CT molecular complexity index is 1110. The molecule has 0 spiro atoms. The molecule has 126 valence electrons. The van der Waals surface area contributed by atoms with E-state index in [1.165, 1.54) is 18.5 Å². The lowest BCUT2D eigenvalue weighted by atomic mass is 9.94. The van der Waals surface area contributed by atoms with Crippen molar-refractivity contribution in [3.05, 3.63) is 87.2 Å². The highest BCUT2D eigenvalue weighted by molar-refractivity contribution is 6.23. The van der Waals surface area contributed by atoms with Crippen LogP contribution in [0.1, 0.15) is 27.5 Å². The molecule has 0 amide bonds. The molecule has 26 heavy (non-hydrogen) atoms. The highest BCUT2D eigenvalue weighted by Crippen LogP contribution is 2.44. The van der Waals surface area contributed by atoms with Crippen molar-refractivity contribution in [3.63, 3.8) is 0 Å². The van der Waals surface area contributed by atoms with Gasteiger partial charge in [0.15, 0.2) is 5.78 Å². The molecule has 1 N–H and O–H groups in total. The molecule has 0 bridgehead atoms. The molecule has 0 fully saturated rings. The number of benzene rings is 2. The van der Waals surface area contributed by atoms with Crippen molar-refractivity contribution in [1.82, 2.24) is 14.8 Å². The first-order valence-corrected chi connectivity index (χ1v) is 7.94. The zero-order valence-electron chi connectivity index (χ0n) is 13.3. The van der Waals surface area contributed by atoms with Gasteiger partial charge in [-0.2, -0.15) is 10.1 Å². The zero-order chi connectivity index (χ0) is 17.8. The highest BCUT2D eigenvalue weighted by Gasteiger charge is 2.40. The van der Waals surface area contributed by atoms with Crippen LogP contribution in [0.2, 0.25) is 0 Å². The normalized spacial score (nSPS) is 17.4. The molecule has 0 saturated heterocycles. The van der Waals surface area contributed by atoms with Crippen molar-refractivity contribution in [3.8, 4) is 0 Å². The number of rotatable bonds is 2. The highest BCUT2D eigenvalue weighted by atomic mass is 16.6. The standard InChI is InChI=1S/C18H11N5O3/c24-17-13-4-2-1-3-12(13)15-14(17)16(22-18(21-15)19-9-20-22)10-5-7-11(8-6-10)23(25)26/h1-9,16H,(H,19,20,21). The van der Waals surface area contributed by atoms with Crippen LogP contribution >= 0.6 is 0 Å². The molecule has 0 radical (unpaired) electrons. The lowest BCUT2D eigenvalue weighted by Crippen LogP contribution is -2.25. The minimum atomic E-state index is -0.496. The van der Waals surface area contributed by atoms with Crippen LogP contribution < -0.4 is 5.32 Å². The molecule has 2 aromatic carbocycles. The summed E-state index contributed by atoms with van der Waals surface area (Å²) in [5.41, 5.74) is 3.47. The maximum absolute atomic E-state index is 13.1. The van der Waals surface area contributed by atoms with Crippen LogP contribution in [0.25, 0.3) is 5.70 Å². The molecular formula is C18H11N5O3. The SMILES string of the molecule is O=C1C2=C(Nc3ncnn3C2c2ccc([N+](=O)[O-])cc2)c2ccccc21. The predicted octanol–water partition coefficient (Wildman–Crippen LogP) is 2.81. The van der Waals surface area contributed by atoms with Crippen LogP contribution in [0.5, 0.6) is 0 Å². The van der Waals surface area contributed by atoms with Gasteiger partial charge >= 0.3 is 0 Å². The second kappa shape index (κ2) is 5.09. The van der Waals surface area contributed by atoms with Gasteiger partial charge in [0, 0.05) is 23.3 Å². The number of allylic oxidation sites excluding steroid dienone is 1. The summed E-state index contributed by atoms with van der Waals surface area (Å²) in [5.74, 6) is 0.448. The minimum absolute atomic E-state index is 0.00302. The van der Waals surface area contributed by atoms with Crippen molar-refractivity contribution in [2.45, 2.75) is 6.04 Å². The quantitative estimate of drug-likeness (QED) is 0.566. The average molecular weight is 345 g/mol. The molecule has 1 aromatic heterocycles. The van der Waals surface area contributed by atoms with E-state index in [2.05, 4.69) is 15.4 Å². The van der Waals surface area contributed by atoms with Gasteiger partial charge in [-0.05, 0) is 17.7 Å². The van der Waals surface area contributed by atoms with Crippen molar-refractivity contribution < 1.29 is 9.72 Å². The fourth-order valence-electron chi connectivity index (χ4n) is 3.55. The maximum Gasteiger partial charge on any atom is 0.269 e. The Balaban J connectivity index is 1.71. The van der Waals surface area contributed by atoms with Crippen LogP contribution in [-0.4, -0.2) is 25.5 Å². The number of nitrogens with zero attached hydrogens (tertiary/aromatic N) is 4. The number of hydrogen-bond acceptors (Lipinski definition) is 6. The lowest BCUT2D eigenvalue weighted by Gasteiger charge is -2.26. The van der Waals surface area contributed by atoms with E-state index in [9.17, 15) is 14.9 Å². The molecule has 1 atom stereocenters. The summed E-state index contributed by atoms with van der Waals surface area (Å²) in [5, 5.41) is 18.4. The Morgan fingerprint density at radius 3 is 2.54 bits per heavy atom. The Morgan fingerprint density at radius 2 is 1.81 bits per heavy atom. The topological polar surface area (TPSA) is 103 Å². The van der Waals surface area contributed by atoms with Crippen molar-refractivity contribution in [2.75, 3.05) is 5.32 Å². The first-order valence-electron chi connectivity index (χ1n) is 7.94. The fourth-order valence-corrected chi connectivity index (χ4v) is 3.55. The van der Waals surface area contributed by atoms with Gasteiger partial charge in [-0.25, -0.2) is 4.68 Å². The lowest BCUT2D eigenvalue weighted by molar-refractivity contribution is -0.384. The van der Waals surface area contributed by atoms with Crippen LogP contribution in [-0.2, 0) is 0 Å². The van der Waals surface area contributed by atoms with Gasteiger partial charge in [-0.3, -0.25) is 14.9 Å². The number of carbonyl (C=O) groups is 1. The van der Waals surface area contributed by atoms with Crippen LogP contribution in [0.3, 0.4) is 0 Å². The summed E-state index contributed by atoms with van der Waals surface area (Å²) < 4.78 is 1.63. The number of nitro groups is 1. The molecule has 8 heteroatoms. The number of ketones is 1. The van der Waals surface area contributed by atoms with Gasteiger partial charge in [0.1, 0.15) is 12.4 Å². The number of hydrogen-bond donors (Lipinski definition) is 1. The molecule has 1 unspecified atom stereocenters. The minimum Gasteiger partial charge on any atom is -0.323 e. The number of Topliss-reactive ketones (excluding diaryl/α,β-unsaturated/α-hetero) is 1. The molecule has 3 aromatic rings. The fraction of sp³-hybridized carbons (Fsp3) is 0.0556. The second-order valence-electron chi connectivity index (χ2n) is 6.07.